The van der Waals surface area contributed by atoms with Crippen LogP contribution < -0.4 is 10.1 Å². The van der Waals surface area contributed by atoms with Crippen LogP contribution in [0.3, 0.4) is 0 Å². The molecule has 0 saturated heterocycles. The molecule has 35 heavy (non-hydrogen) atoms. The molecule has 1 atom stereocenters. The summed E-state index contributed by atoms with van der Waals surface area (Å²) in [5, 5.41) is 3.31. The molecule has 2 amide bonds. The molecule has 2 aliphatic rings. The minimum Gasteiger partial charge on any atom is -0.491 e. The van der Waals surface area contributed by atoms with Crippen LogP contribution in [0.5, 0.6) is 5.75 Å². The molecule has 1 fully saturated rings. The average Bonchev–Trinajstić information content (AvgIpc) is 3.32. The maximum atomic E-state index is 13.9. The Hall–Kier alpha value is -3.22. The van der Waals surface area contributed by atoms with Crippen molar-refractivity contribution in [3.8, 4) is 5.75 Å². The first-order valence-electron chi connectivity index (χ1n) is 12.8. The Morgan fingerprint density at radius 3 is 2.54 bits per heavy atom. The summed E-state index contributed by atoms with van der Waals surface area (Å²) in [6.07, 6.45) is 8.40. The number of carbonyl (C=O) groups excluding carboxylic acids is 2. The molecule has 1 N–H and O–H groups in total. The molecule has 1 aliphatic heterocycles. The van der Waals surface area contributed by atoms with Gasteiger partial charge in [0.2, 0.25) is 5.91 Å². The third-order valence-electron chi connectivity index (χ3n) is 7.36. The van der Waals surface area contributed by atoms with E-state index in [9.17, 15) is 9.59 Å². The van der Waals surface area contributed by atoms with E-state index < -0.39 is 5.54 Å². The Balaban J connectivity index is 1.46. The number of ether oxygens (including phenoxy) is 1. The summed E-state index contributed by atoms with van der Waals surface area (Å²) in [6, 6.07) is 11.6. The number of carbonyl (C=O) groups is 2. The van der Waals surface area contributed by atoms with Gasteiger partial charge < -0.3 is 23.9 Å². The normalized spacial score (nSPS) is 21.3. The fraction of sp³-hybridized carbons (Fsp3) is 0.500. The van der Waals surface area contributed by atoms with Gasteiger partial charge in [0.05, 0.1) is 24.4 Å². The molecular formula is C28H35N3O4. The first-order chi connectivity index (χ1) is 16.8. The fourth-order valence-corrected chi connectivity index (χ4v) is 5.41. The van der Waals surface area contributed by atoms with E-state index in [2.05, 4.69) is 5.32 Å². The highest BCUT2D eigenvalue weighted by Gasteiger charge is 2.48. The summed E-state index contributed by atoms with van der Waals surface area (Å²) in [4.78, 5) is 29.4. The Morgan fingerprint density at radius 1 is 1.14 bits per heavy atom. The molecule has 1 unspecified atom stereocenters. The highest BCUT2D eigenvalue weighted by molar-refractivity contribution is 6.02. The third-order valence-corrected chi connectivity index (χ3v) is 7.36. The van der Waals surface area contributed by atoms with Crippen LogP contribution in [0.2, 0.25) is 0 Å². The van der Waals surface area contributed by atoms with Gasteiger partial charge in [0.1, 0.15) is 17.0 Å². The van der Waals surface area contributed by atoms with Gasteiger partial charge in [0.25, 0.3) is 5.91 Å². The van der Waals surface area contributed by atoms with E-state index in [4.69, 9.17) is 9.15 Å². The number of furan rings is 1. The molecule has 7 nitrogen and oxygen atoms in total. The molecule has 0 radical (unpaired) electrons. The number of nitrogens with one attached hydrogen (secondary N) is 1. The van der Waals surface area contributed by atoms with Crippen LogP contribution in [-0.4, -0.2) is 39.0 Å². The first kappa shape index (κ1) is 23.5. The van der Waals surface area contributed by atoms with Crippen molar-refractivity contribution in [3.05, 3.63) is 53.9 Å². The second-order valence-corrected chi connectivity index (χ2v) is 10.4. The number of benzene rings is 1. The zero-order chi connectivity index (χ0) is 24.6. The molecule has 2 aromatic heterocycles. The Labute approximate surface area is 206 Å². The monoisotopic (exact) mass is 477 g/mol. The molecule has 5 rings (SSSR count). The summed E-state index contributed by atoms with van der Waals surface area (Å²) < 4.78 is 13.3. The van der Waals surface area contributed by atoms with Crippen LogP contribution in [0.25, 0.3) is 11.1 Å². The van der Waals surface area contributed by atoms with E-state index in [1.165, 1.54) is 12.8 Å². The second kappa shape index (κ2) is 9.44. The minimum atomic E-state index is -1.04. The third kappa shape index (κ3) is 4.56. The van der Waals surface area contributed by atoms with Crippen LogP contribution in [0.15, 0.2) is 47.1 Å². The Bertz CT molecular complexity index is 1200. The maximum Gasteiger partial charge on any atom is 0.271 e. The fourth-order valence-electron chi connectivity index (χ4n) is 5.41. The first-order valence-corrected chi connectivity index (χ1v) is 12.8. The zero-order valence-corrected chi connectivity index (χ0v) is 20.9. The average molecular weight is 478 g/mol. The molecule has 1 aliphatic carbocycles. The van der Waals surface area contributed by atoms with Gasteiger partial charge in [-0.25, -0.2) is 0 Å². The largest absolute Gasteiger partial charge is 0.491 e. The number of rotatable bonds is 6. The van der Waals surface area contributed by atoms with Crippen LogP contribution in [-0.2, 0) is 17.9 Å². The van der Waals surface area contributed by atoms with Crippen molar-refractivity contribution in [3.63, 3.8) is 0 Å². The van der Waals surface area contributed by atoms with E-state index in [0.29, 0.717) is 24.4 Å². The maximum absolute atomic E-state index is 13.9. The quantitative estimate of drug-likeness (QED) is 0.491. The van der Waals surface area contributed by atoms with E-state index in [1.54, 1.807) is 17.2 Å². The van der Waals surface area contributed by atoms with E-state index in [1.807, 2.05) is 55.7 Å². The highest BCUT2D eigenvalue weighted by Crippen LogP contribution is 2.34. The SMILES string of the molecule is CC(C)Oc1ccc(CN2C(=O)c3cc4occc4n3CC2(C)C(=O)NC2CCCCCC2)cc1. The molecule has 3 heterocycles. The lowest BCUT2D eigenvalue weighted by Gasteiger charge is -2.44. The highest BCUT2D eigenvalue weighted by atomic mass is 16.5. The number of aromatic nitrogens is 1. The summed E-state index contributed by atoms with van der Waals surface area (Å²) in [5.41, 5.74) is 1.98. The summed E-state index contributed by atoms with van der Waals surface area (Å²) in [7, 11) is 0. The smallest absolute Gasteiger partial charge is 0.271 e. The molecule has 7 heteroatoms. The Kier molecular flexibility index (Phi) is 6.34. The Morgan fingerprint density at radius 2 is 1.86 bits per heavy atom. The van der Waals surface area contributed by atoms with Gasteiger partial charge in [-0.15, -0.1) is 0 Å². The number of hydrogen-bond donors (Lipinski definition) is 1. The molecule has 0 spiro atoms. The van der Waals surface area contributed by atoms with E-state index in [-0.39, 0.29) is 24.0 Å². The zero-order valence-electron chi connectivity index (χ0n) is 20.9. The lowest BCUT2D eigenvalue weighted by atomic mass is 9.93. The lowest BCUT2D eigenvalue weighted by molar-refractivity contribution is -0.134. The number of fused-ring (bicyclic) bond motifs is 3. The lowest BCUT2D eigenvalue weighted by Crippen LogP contribution is -2.64. The van der Waals surface area contributed by atoms with Gasteiger partial charge in [0.15, 0.2) is 5.58 Å². The molecule has 1 saturated carbocycles. The van der Waals surface area contributed by atoms with Crippen molar-refractivity contribution >= 4 is 22.9 Å². The summed E-state index contributed by atoms with van der Waals surface area (Å²) in [5.74, 6) is 0.536. The predicted octanol–water partition coefficient (Wildman–Crippen LogP) is 5.28. The van der Waals surface area contributed by atoms with Gasteiger partial charge in [-0.3, -0.25) is 9.59 Å². The van der Waals surface area contributed by atoms with Crippen molar-refractivity contribution in [1.29, 1.82) is 0 Å². The minimum absolute atomic E-state index is 0.0893. The summed E-state index contributed by atoms with van der Waals surface area (Å²) in [6.45, 7) is 6.59. The van der Waals surface area contributed by atoms with Crippen LogP contribution >= 0.6 is 0 Å². The van der Waals surface area contributed by atoms with Gasteiger partial charge in [0, 0.05) is 24.7 Å². The standard InChI is InChI=1S/C28H35N3O4/c1-19(2)35-22-12-10-20(11-13-22)17-31-26(32)24-16-25-23(14-15-34-25)30(24)18-28(31,3)27(33)29-21-8-6-4-5-7-9-21/h10-16,19,21H,4-9,17-18H2,1-3H3,(H,29,33). The van der Waals surface area contributed by atoms with Crippen LogP contribution in [0.4, 0.5) is 0 Å². The molecule has 1 aromatic carbocycles. The van der Waals surface area contributed by atoms with Crippen LogP contribution in [0, 0.1) is 0 Å². The van der Waals surface area contributed by atoms with Gasteiger partial charge >= 0.3 is 0 Å². The molecular weight excluding hydrogens is 442 g/mol. The van der Waals surface area contributed by atoms with E-state index in [0.717, 1.165) is 42.5 Å². The predicted molar refractivity (Wildman–Crippen MR) is 134 cm³/mol. The number of nitrogens with zero attached hydrogens (tertiary/aromatic N) is 2. The van der Waals surface area contributed by atoms with Crippen molar-refractivity contribution in [1.82, 2.24) is 14.8 Å². The second-order valence-electron chi connectivity index (χ2n) is 10.4. The van der Waals surface area contributed by atoms with Gasteiger partial charge in [-0.2, -0.15) is 0 Å². The summed E-state index contributed by atoms with van der Waals surface area (Å²) >= 11 is 0. The van der Waals surface area contributed by atoms with Gasteiger partial charge in [-0.1, -0.05) is 37.8 Å². The topological polar surface area (TPSA) is 76.7 Å². The van der Waals surface area contributed by atoms with Crippen molar-refractivity contribution < 1.29 is 18.7 Å². The molecule has 3 aromatic rings. The number of hydrogen-bond acceptors (Lipinski definition) is 4. The molecule has 0 bridgehead atoms. The van der Waals surface area contributed by atoms with Crippen LogP contribution in [0.1, 0.15) is 75.3 Å². The molecule has 186 valence electrons. The van der Waals surface area contributed by atoms with Crippen molar-refractivity contribution in [2.24, 2.45) is 0 Å². The number of amides is 2. The van der Waals surface area contributed by atoms with Crippen molar-refractivity contribution in [2.75, 3.05) is 0 Å². The van der Waals surface area contributed by atoms with Gasteiger partial charge in [-0.05, 0) is 51.3 Å². The van der Waals surface area contributed by atoms with Crippen molar-refractivity contribution in [2.45, 2.75) is 90.1 Å². The van der Waals surface area contributed by atoms with E-state index >= 15 is 0 Å².